The van der Waals surface area contributed by atoms with Gasteiger partial charge < -0.3 is 5.11 Å². The summed E-state index contributed by atoms with van der Waals surface area (Å²) in [7, 11) is 0. The fraction of sp³-hybridized carbons (Fsp3) is 0.833. The van der Waals surface area contributed by atoms with Crippen molar-refractivity contribution in [1.82, 2.24) is 0 Å². The first-order valence-electron chi connectivity index (χ1n) is 5.88. The number of unbranched alkanes of at least 4 members (excludes halogenated alkanes) is 5. The number of rotatable bonds is 8. The molecular weight excluding hydrogens is 217 g/mol. The van der Waals surface area contributed by atoms with Crippen LogP contribution in [0.25, 0.3) is 0 Å². The maximum absolute atomic E-state index is 11.9. The van der Waals surface area contributed by atoms with Crippen LogP contribution in [-0.4, -0.2) is 17.4 Å². The average Bonchev–Trinajstić information content (AvgIpc) is 2.20. The summed E-state index contributed by atoms with van der Waals surface area (Å²) in [6, 6.07) is 0. The van der Waals surface area contributed by atoms with Crippen LogP contribution in [0.1, 0.15) is 51.9 Å². The molecular formula is C12H21F3O. The van der Waals surface area contributed by atoms with Crippen LogP contribution in [0.5, 0.6) is 0 Å². The number of hydrogen-bond acceptors (Lipinski definition) is 1. The van der Waals surface area contributed by atoms with Crippen molar-refractivity contribution >= 4 is 0 Å². The molecule has 16 heavy (non-hydrogen) atoms. The number of aliphatic hydroxyl groups is 1. The zero-order chi connectivity index (χ0) is 12.4. The number of halogens is 3. The molecule has 1 N–H and O–H groups in total. The third kappa shape index (κ3) is 8.77. The molecule has 1 atom stereocenters. The van der Waals surface area contributed by atoms with Crippen LogP contribution >= 0.6 is 0 Å². The minimum atomic E-state index is -4.49. The Labute approximate surface area is 95.4 Å². The molecule has 0 saturated carbocycles. The average molecular weight is 238 g/mol. The van der Waals surface area contributed by atoms with E-state index in [0.29, 0.717) is 0 Å². The first-order chi connectivity index (χ1) is 7.48. The Bertz CT molecular complexity index is 187. The SMILES string of the molecule is CCCCCCCC=CCC(O)C(F)(F)F. The van der Waals surface area contributed by atoms with Crippen LogP contribution < -0.4 is 0 Å². The normalized spacial score (nSPS) is 14.6. The number of hydrogen-bond donors (Lipinski definition) is 1. The second kappa shape index (κ2) is 8.62. The van der Waals surface area contributed by atoms with Gasteiger partial charge >= 0.3 is 6.18 Å². The zero-order valence-electron chi connectivity index (χ0n) is 9.76. The predicted octanol–water partition coefficient (Wildman–Crippen LogP) is 4.22. The Hall–Kier alpha value is -0.510. The van der Waals surface area contributed by atoms with E-state index in [4.69, 9.17) is 5.11 Å². The van der Waals surface area contributed by atoms with Gasteiger partial charge in [0.1, 0.15) is 0 Å². The van der Waals surface area contributed by atoms with Crippen LogP contribution in [0.4, 0.5) is 13.2 Å². The van der Waals surface area contributed by atoms with Gasteiger partial charge in [-0.3, -0.25) is 0 Å². The highest BCUT2D eigenvalue weighted by atomic mass is 19.4. The van der Waals surface area contributed by atoms with Crippen molar-refractivity contribution < 1.29 is 18.3 Å². The summed E-state index contributed by atoms with van der Waals surface area (Å²) in [6.07, 6.45) is 2.62. The molecule has 4 heteroatoms. The van der Waals surface area contributed by atoms with Gasteiger partial charge in [-0.1, -0.05) is 44.8 Å². The minimum Gasteiger partial charge on any atom is -0.383 e. The fourth-order valence-corrected chi connectivity index (χ4v) is 1.34. The Morgan fingerprint density at radius 3 is 2.25 bits per heavy atom. The minimum absolute atomic E-state index is 0.335. The van der Waals surface area contributed by atoms with Crippen molar-refractivity contribution in [3.63, 3.8) is 0 Å². The van der Waals surface area contributed by atoms with E-state index in [1.165, 1.54) is 25.3 Å². The summed E-state index contributed by atoms with van der Waals surface area (Å²) in [5, 5.41) is 8.68. The highest BCUT2D eigenvalue weighted by Crippen LogP contribution is 2.22. The van der Waals surface area contributed by atoms with Crippen LogP contribution in [0.2, 0.25) is 0 Å². The van der Waals surface area contributed by atoms with E-state index in [-0.39, 0.29) is 6.42 Å². The molecule has 0 spiro atoms. The highest BCUT2D eigenvalue weighted by Gasteiger charge is 2.36. The Kier molecular flexibility index (Phi) is 8.35. The molecule has 0 amide bonds. The highest BCUT2D eigenvalue weighted by molar-refractivity contribution is 4.85. The lowest BCUT2D eigenvalue weighted by Crippen LogP contribution is -2.27. The van der Waals surface area contributed by atoms with E-state index in [1.807, 2.05) is 0 Å². The molecule has 0 aliphatic heterocycles. The molecule has 0 heterocycles. The first-order valence-corrected chi connectivity index (χ1v) is 5.88. The largest absolute Gasteiger partial charge is 0.414 e. The van der Waals surface area contributed by atoms with Crippen LogP contribution in [0.15, 0.2) is 12.2 Å². The summed E-state index contributed by atoms with van der Waals surface area (Å²) in [5.74, 6) is 0. The van der Waals surface area contributed by atoms with Crippen LogP contribution in [0.3, 0.4) is 0 Å². The molecule has 0 aromatic rings. The summed E-state index contributed by atoms with van der Waals surface area (Å²) >= 11 is 0. The van der Waals surface area contributed by atoms with Gasteiger partial charge in [0.25, 0.3) is 0 Å². The van der Waals surface area contributed by atoms with Crippen LogP contribution in [0, 0.1) is 0 Å². The van der Waals surface area contributed by atoms with E-state index >= 15 is 0 Å². The summed E-state index contributed by atoms with van der Waals surface area (Å²) in [6.45, 7) is 2.14. The van der Waals surface area contributed by atoms with Gasteiger partial charge in [0, 0.05) is 6.42 Å². The first kappa shape index (κ1) is 15.5. The van der Waals surface area contributed by atoms with Crippen molar-refractivity contribution in [3.05, 3.63) is 12.2 Å². The lowest BCUT2D eigenvalue weighted by Gasteiger charge is -2.11. The lowest BCUT2D eigenvalue weighted by atomic mass is 10.1. The van der Waals surface area contributed by atoms with E-state index in [2.05, 4.69) is 6.92 Å². The Morgan fingerprint density at radius 1 is 1.06 bits per heavy atom. The van der Waals surface area contributed by atoms with Crippen LogP contribution in [-0.2, 0) is 0 Å². The molecule has 0 rings (SSSR count). The van der Waals surface area contributed by atoms with Gasteiger partial charge in [0.05, 0.1) is 0 Å². The predicted molar refractivity (Wildman–Crippen MR) is 59.2 cm³/mol. The molecule has 96 valence electrons. The summed E-state index contributed by atoms with van der Waals surface area (Å²) in [4.78, 5) is 0. The van der Waals surface area contributed by atoms with E-state index in [0.717, 1.165) is 19.3 Å². The van der Waals surface area contributed by atoms with E-state index in [1.54, 1.807) is 6.08 Å². The summed E-state index contributed by atoms with van der Waals surface area (Å²) < 4.78 is 35.6. The summed E-state index contributed by atoms with van der Waals surface area (Å²) in [5.41, 5.74) is 0. The third-order valence-electron chi connectivity index (χ3n) is 2.38. The fourth-order valence-electron chi connectivity index (χ4n) is 1.34. The Morgan fingerprint density at radius 2 is 1.69 bits per heavy atom. The van der Waals surface area contributed by atoms with Crippen molar-refractivity contribution in [2.24, 2.45) is 0 Å². The molecule has 0 radical (unpaired) electrons. The number of aliphatic hydroxyl groups excluding tert-OH is 1. The van der Waals surface area contributed by atoms with Gasteiger partial charge in [-0.15, -0.1) is 0 Å². The number of allylic oxidation sites excluding steroid dienone is 1. The standard InChI is InChI=1S/C12H21F3O/c1-2-3-4-5-6-7-8-9-10-11(16)12(13,14)15/h8-9,11,16H,2-7,10H2,1H3. The topological polar surface area (TPSA) is 20.2 Å². The molecule has 0 saturated heterocycles. The van der Waals surface area contributed by atoms with Crippen molar-refractivity contribution in [2.75, 3.05) is 0 Å². The Balaban J connectivity index is 3.41. The second-order valence-corrected chi connectivity index (χ2v) is 3.97. The lowest BCUT2D eigenvalue weighted by molar-refractivity contribution is -0.202. The monoisotopic (exact) mass is 238 g/mol. The molecule has 1 unspecified atom stereocenters. The quantitative estimate of drug-likeness (QED) is 0.496. The molecule has 1 nitrogen and oxygen atoms in total. The molecule has 0 fully saturated rings. The van der Waals surface area contributed by atoms with E-state index in [9.17, 15) is 13.2 Å². The zero-order valence-corrected chi connectivity index (χ0v) is 9.76. The third-order valence-corrected chi connectivity index (χ3v) is 2.38. The van der Waals surface area contributed by atoms with Gasteiger partial charge in [-0.25, -0.2) is 0 Å². The molecule has 0 aromatic heterocycles. The van der Waals surface area contributed by atoms with Gasteiger partial charge in [-0.05, 0) is 12.8 Å². The van der Waals surface area contributed by atoms with E-state index < -0.39 is 12.3 Å². The molecule has 0 bridgehead atoms. The maximum Gasteiger partial charge on any atom is 0.414 e. The smallest absolute Gasteiger partial charge is 0.383 e. The molecule has 0 aliphatic carbocycles. The van der Waals surface area contributed by atoms with Gasteiger partial charge in [-0.2, -0.15) is 13.2 Å². The van der Waals surface area contributed by atoms with Crippen molar-refractivity contribution in [3.8, 4) is 0 Å². The van der Waals surface area contributed by atoms with Gasteiger partial charge in [0.15, 0.2) is 6.10 Å². The van der Waals surface area contributed by atoms with Gasteiger partial charge in [0.2, 0.25) is 0 Å². The van der Waals surface area contributed by atoms with Crippen molar-refractivity contribution in [2.45, 2.75) is 64.1 Å². The second-order valence-electron chi connectivity index (χ2n) is 3.97. The maximum atomic E-state index is 11.9. The molecule has 0 aromatic carbocycles. The molecule has 0 aliphatic rings. The van der Waals surface area contributed by atoms with Crippen molar-refractivity contribution in [1.29, 1.82) is 0 Å². The number of alkyl halides is 3.